The van der Waals surface area contributed by atoms with Gasteiger partial charge in [-0.1, -0.05) is 6.92 Å². The molecule has 0 aliphatic heterocycles. The fourth-order valence-corrected chi connectivity index (χ4v) is 2.14. The van der Waals surface area contributed by atoms with Crippen LogP contribution in [0.15, 0.2) is 30.5 Å². The van der Waals surface area contributed by atoms with Gasteiger partial charge in [-0.05, 0) is 30.7 Å². The van der Waals surface area contributed by atoms with Gasteiger partial charge >= 0.3 is 0 Å². The van der Waals surface area contributed by atoms with Crippen LogP contribution in [0.3, 0.4) is 0 Å². The van der Waals surface area contributed by atoms with Crippen LogP contribution in [0, 0.1) is 0 Å². The summed E-state index contributed by atoms with van der Waals surface area (Å²) in [6.07, 6.45) is 1.82. The number of nitrogens with two attached hydrogens (primary N) is 2. The second-order valence-corrected chi connectivity index (χ2v) is 5.28. The van der Waals surface area contributed by atoms with Gasteiger partial charge in [0.15, 0.2) is 11.5 Å². The highest BCUT2D eigenvalue weighted by Crippen LogP contribution is 2.21. The molecule has 1 aromatic carbocycles. The lowest BCUT2D eigenvalue weighted by molar-refractivity contribution is -0.118. The van der Waals surface area contributed by atoms with Gasteiger partial charge in [-0.2, -0.15) is 0 Å². The Morgan fingerprint density at radius 2 is 1.80 bits per heavy atom. The summed E-state index contributed by atoms with van der Waals surface area (Å²) in [5.74, 6) is -0.713. The predicted molar refractivity (Wildman–Crippen MR) is 96.7 cm³/mol. The molecular weight excluding hydrogens is 322 g/mol. The first-order valence-electron chi connectivity index (χ1n) is 7.72. The number of hydrogen-bond donors (Lipinski definition) is 5. The molecule has 2 aromatic rings. The molecule has 2 amide bonds. The fraction of sp³-hybridized carbons (Fsp3) is 0.250. The average Bonchev–Trinajstić information content (AvgIpc) is 2.60. The van der Waals surface area contributed by atoms with E-state index in [1.54, 1.807) is 0 Å². The summed E-state index contributed by atoms with van der Waals surface area (Å²) >= 11 is 0. The molecule has 1 aromatic heterocycles. The fourth-order valence-electron chi connectivity index (χ4n) is 2.14. The highest BCUT2D eigenvalue weighted by Gasteiger charge is 2.17. The molecule has 0 unspecified atom stereocenters. The van der Waals surface area contributed by atoms with E-state index >= 15 is 0 Å². The maximum Gasteiger partial charge on any atom is 0.271 e. The third-order valence-corrected chi connectivity index (χ3v) is 3.52. The highest BCUT2D eigenvalue weighted by atomic mass is 16.1. The predicted octanol–water partition coefficient (Wildman–Crippen LogP) is 1.04. The molecule has 0 aliphatic carbocycles. The lowest BCUT2D eigenvalue weighted by Crippen LogP contribution is -2.35. The standard InChI is InChI=1S/C16H21N7O2/c1-3-11(14(17)24)22-12-8-20-13(15(18)25)16(23-12)21-10-6-4-9(19-2)5-7-10/h4-8,11,19H,3H2,1-2H3,(H2,17,24)(H2,18,25)(H2,21,22,23)/t11-/m1/s1. The van der Waals surface area contributed by atoms with Crippen LogP contribution in [-0.4, -0.2) is 34.9 Å². The lowest BCUT2D eigenvalue weighted by Gasteiger charge is -2.15. The van der Waals surface area contributed by atoms with Gasteiger partial charge in [0.1, 0.15) is 11.9 Å². The van der Waals surface area contributed by atoms with E-state index in [1.165, 1.54) is 6.20 Å². The molecule has 0 fully saturated rings. The summed E-state index contributed by atoms with van der Waals surface area (Å²) in [5, 5.41) is 8.91. The van der Waals surface area contributed by atoms with Crippen molar-refractivity contribution in [2.75, 3.05) is 23.0 Å². The van der Waals surface area contributed by atoms with E-state index in [4.69, 9.17) is 11.5 Å². The second-order valence-electron chi connectivity index (χ2n) is 5.28. The quantitative estimate of drug-likeness (QED) is 0.481. The van der Waals surface area contributed by atoms with Crippen molar-refractivity contribution in [2.45, 2.75) is 19.4 Å². The van der Waals surface area contributed by atoms with Crippen molar-refractivity contribution in [3.63, 3.8) is 0 Å². The van der Waals surface area contributed by atoms with Gasteiger partial charge < -0.3 is 27.4 Å². The number of nitrogens with one attached hydrogen (secondary N) is 3. The number of nitrogens with zero attached hydrogens (tertiary/aromatic N) is 2. The molecule has 132 valence electrons. The summed E-state index contributed by atoms with van der Waals surface area (Å²) in [4.78, 5) is 31.3. The van der Waals surface area contributed by atoms with Crippen LogP contribution in [0.1, 0.15) is 23.8 Å². The molecule has 0 spiro atoms. The summed E-state index contributed by atoms with van der Waals surface area (Å²) in [7, 11) is 1.82. The monoisotopic (exact) mass is 343 g/mol. The Morgan fingerprint density at radius 3 is 2.32 bits per heavy atom. The van der Waals surface area contributed by atoms with Crippen LogP contribution < -0.4 is 27.4 Å². The highest BCUT2D eigenvalue weighted by molar-refractivity contribution is 5.96. The Bertz CT molecular complexity index is 762. The normalized spacial score (nSPS) is 11.4. The minimum atomic E-state index is -0.713. The molecule has 0 radical (unpaired) electrons. The summed E-state index contributed by atoms with van der Waals surface area (Å²) in [5.41, 5.74) is 12.3. The number of rotatable bonds is 8. The van der Waals surface area contributed by atoms with Gasteiger partial charge in [0.05, 0.1) is 6.20 Å². The van der Waals surface area contributed by atoms with Crippen molar-refractivity contribution in [1.29, 1.82) is 0 Å². The number of benzene rings is 1. The second kappa shape index (κ2) is 7.95. The number of carbonyl (C=O) groups excluding carboxylic acids is 2. The summed E-state index contributed by atoms with van der Waals surface area (Å²) in [6.45, 7) is 1.82. The minimum absolute atomic E-state index is 0.00429. The van der Waals surface area contributed by atoms with Crippen molar-refractivity contribution in [3.8, 4) is 0 Å². The van der Waals surface area contributed by atoms with Crippen LogP contribution in [0.2, 0.25) is 0 Å². The van der Waals surface area contributed by atoms with Crippen LogP contribution in [-0.2, 0) is 4.79 Å². The Labute approximate surface area is 145 Å². The van der Waals surface area contributed by atoms with Crippen LogP contribution in [0.5, 0.6) is 0 Å². The van der Waals surface area contributed by atoms with Crippen molar-refractivity contribution in [2.24, 2.45) is 11.5 Å². The van der Waals surface area contributed by atoms with Crippen molar-refractivity contribution in [3.05, 3.63) is 36.2 Å². The van der Waals surface area contributed by atoms with Crippen LogP contribution in [0.25, 0.3) is 0 Å². The SMILES string of the molecule is CC[C@@H](Nc1cnc(C(N)=O)c(Nc2ccc(NC)cc2)n1)C(N)=O. The van der Waals surface area contributed by atoms with Crippen molar-refractivity contribution in [1.82, 2.24) is 9.97 Å². The smallest absolute Gasteiger partial charge is 0.271 e. The number of aromatic nitrogens is 2. The van der Waals surface area contributed by atoms with Gasteiger partial charge in [-0.15, -0.1) is 0 Å². The maximum atomic E-state index is 11.6. The molecule has 0 saturated carbocycles. The maximum absolute atomic E-state index is 11.6. The number of amides is 2. The molecule has 1 atom stereocenters. The van der Waals surface area contributed by atoms with Gasteiger partial charge in [-0.25, -0.2) is 9.97 Å². The van der Waals surface area contributed by atoms with Crippen molar-refractivity contribution < 1.29 is 9.59 Å². The largest absolute Gasteiger partial charge is 0.388 e. The van der Waals surface area contributed by atoms with Gasteiger partial charge in [0, 0.05) is 18.4 Å². The zero-order valence-corrected chi connectivity index (χ0v) is 14.0. The van der Waals surface area contributed by atoms with E-state index in [-0.39, 0.29) is 11.5 Å². The first-order valence-corrected chi connectivity index (χ1v) is 7.72. The molecule has 0 saturated heterocycles. The van der Waals surface area contributed by atoms with Crippen molar-refractivity contribution >= 4 is 34.8 Å². The summed E-state index contributed by atoms with van der Waals surface area (Å²) in [6, 6.07) is 6.77. The van der Waals surface area contributed by atoms with E-state index in [1.807, 2.05) is 38.2 Å². The molecule has 7 N–H and O–H groups in total. The number of hydrogen-bond acceptors (Lipinski definition) is 7. The third kappa shape index (κ3) is 4.56. The molecule has 0 aliphatic rings. The van der Waals surface area contributed by atoms with E-state index in [9.17, 15) is 9.59 Å². The number of carbonyl (C=O) groups is 2. The number of anilines is 4. The molecule has 25 heavy (non-hydrogen) atoms. The molecule has 9 nitrogen and oxygen atoms in total. The molecular formula is C16H21N7O2. The van der Waals surface area contributed by atoms with E-state index < -0.39 is 17.9 Å². The molecule has 9 heteroatoms. The topological polar surface area (TPSA) is 148 Å². The molecule has 2 rings (SSSR count). The first kappa shape index (κ1) is 18.0. The molecule has 1 heterocycles. The summed E-state index contributed by atoms with van der Waals surface area (Å²) < 4.78 is 0. The Kier molecular flexibility index (Phi) is 5.72. The lowest BCUT2D eigenvalue weighted by atomic mass is 10.2. The minimum Gasteiger partial charge on any atom is -0.388 e. The van der Waals surface area contributed by atoms with Gasteiger partial charge in [-0.3, -0.25) is 9.59 Å². The Balaban J connectivity index is 2.30. The van der Waals surface area contributed by atoms with Crippen LogP contribution >= 0.6 is 0 Å². The number of primary amides is 2. The Morgan fingerprint density at radius 1 is 1.16 bits per heavy atom. The van der Waals surface area contributed by atoms with Crippen LogP contribution in [0.4, 0.5) is 23.0 Å². The first-order chi connectivity index (χ1) is 11.9. The Hall–Kier alpha value is -3.36. The van der Waals surface area contributed by atoms with E-state index in [2.05, 4.69) is 25.9 Å². The zero-order chi connectivity index (χ0) is 18.4. The van der Waals surface area contributed by atoms with E-state index in [0.717, 1.165) is 5.69 Å². The third-order valence-electron chi connectivity index (χ3n) is 3.52. The average molecular weight is 343 g/mol. The van der Waals surface area contributed by atoms with Gasteiger partial charge in [0.25, 0.3) is 5.91 Å². The zero-order valence-electron chi connectivity index (χ0n) is 14.0. The molecule has 0 bridgehead atoms. The van der Waals surface area contributed by atoms with Gasteiger partial charge in [0.2, 0.25) is 5.91 Å². The van der Waals surface area contributed by atoms with E-state index in [0.29, 0.717) is 17.9 Å².